The largest absolute Gasteiger partial charge is 0.351 e. The van der Waals surface area contributed by atoms with Crippen molar-refractivity contribution in [2.75, 3.05) is 13.1 Å². The number of amides is 1. The van der Waals surface area contributed by atoms with E-state index in [1.54, 1.807) is 11.3 Å². The highest BCUT2D eigenvalue weighted by atomic mass is 79.9. The summed E-state index contributed by atoms with van der Waals surface area (Å²) >= 11 is 5.12. The summed E-state index contributed by atoms with van der Waals surface area (Å²) in [7, 11) is 0. The summed E-state index contributed by atoms with van der Waals surface area (Å²) in [6.45, 7) is 2.49. The van der Waals surface area contributed by atoms with Gasteiger partial charge in [-0.15, -0.1) is 23.7 Å². The highest BCUT2D eigenvalue weighted by Gasteiger charge is 2.20. The Balaban J connectivity index is 0.00000144. The first-order chi connectivity index (χ1) is 7.77. The van der Waals surface area contributed by atoms with Gasteiger partial charge in [0.05, 0.1) is 12.5 Å². The minimum atomic E-state index is 0. The van der Waals surface area contributed by atoms with Gasteiger partial charge >= 0.3 is 0 Å². The maximum absolute atomic E-state index is 11.8. The Kier molecular flexibility index (Phi) is 6.48. The molecule has 2 heterocycles. The van der Waals surface area contributed by atoms with Crippen molar-refractivity contribution in [3.8, 4) is 0 Å². The van der Waals surface area contributed by atoms with E-state index in [1.807, 2.05) is 11.4 Å². The highest BCUT2D eigenvalue weighted by Crippen LogP contribution is 2.22. The molecule has 17 heavy (non-hydrogen) atoms. The Morgan fingerprint density at radius 2 is 2.47 bits per heavy atom. The Morgan fingerprint density at radius 1 is 1.65 bits per heavy atom. The molecule has 0 aromatic carbocycles. The smallest absolute Gasteiger partial charge is 0.224 e. The Bertz CT molecular complexity index is 366. The summed E-state index contributed by atoms with van der Waals surface area (Å²) in [6, 6.07) is 2.01. The number of hydrogen-bond acceptors (Lipinski definition) is 3. The molecule has 0 aliphatic carbocycles. The fourth-order valence-corrected chi connectivity index (χ4v) is 3.27. The van der Waals surface area contributed by atoms with E-state index >= 15 is 0 Å². The summed E-state index contributed by atoms with van der Waals surface area (Å²) in [6.07, 6.45) is 2.10. The molecule has 1 aromatic rings. The first kappa shape index (κ1) is 15.0. The number of carbonyl (C=O) groups is 1. The van der Waals surface area contributed by atoms with Crippen LogP contribution in [0.1, 0.15) is 17.7 Å². The molecule has 3 nitrogen and oxygen atoms in total. The Hall–Kier alpha value is -0.100. The molecule has 96 valence electrons. The summed E-state index contributed by atoms with van der Waals surface area (Å²) in [5, 5.41) is 8.27. The average Bonchev–Trinajstić information content (AvgIpc) is 2.73. The van der Waals surface area contributed by atoms with Gasteiger partial charge in [0, 0.05) is 15.9 Å². The molecule has 1 saturated heterocycles. The Labute approximate surface area is 120 Å². The molecule has 0 radical (unpaired) electrons. The third kappa shape index (κ3) is 4.25. The van der Waals surface area contributed by atoms with E-state index in [2.05, 4.69) is 26.6 Å². The van der Waals surface area contributed by atoms with Crippen molar-refractivity contribution >= 4 is 45.6 Å². The van der Waals surface area contributed by atoms with Crippen molar-refractivity contribution in [3.63, 3.8) is 0 Å². The fourth-order valence-electron chi connectivity index (χ4n) is 1.84. The summed E-state index contributed by atoms with van der Waals surface area (Å²) in [4.78, 5) is 13.0. The van der Waals surface area contributed by atoms with Crippen LogP contribution in [0.15, 0.2) is 15.9 Å². The van der Waals surface area contributed by atoms with Gasteiger partial charge in [0.2, 0.25) is 5.91 Å². The monoisotopic (exact) mass is 338 g/mol. The summed E-state index contributed by atoms with van der Waals surface area (Å²) in [5.41, 5.74) is 0. The maximum Gasteiger partial charge on any atom is 0.224 e. The second kappa shape index (κ2) is 7.36. The first-order valence-electron chi connectivity index (χ1n) is 5.47. The number of hydrogen-bond donors (Lipinski definition) is 2. The average molecular weight is 340 g/mol. The molecule has 1 aliphatic rings. The van der Waals surface area contributed by atoms with Crippen LogP contribution < -0.4 is 10.6 Å². The minimum absolute atomic E-state index is 0. The lowest BCUT2D eigenvalue weighted by molar-refractivity contribution is -0.125. The minimum Gasteiger partial charge on any atom is -0.351 e. The van der Waals surface area contributed by atoms with Gasteiger partial charge in [0.15, 0.2) is 0 Å². The summed E-state index contributed by atoms with van der Waals surface area (Å²) in [5.74, 6) is 0.319. The molecule has 1 aromatic heterocycles. The van der Waals surface area contributed by atoms with Crippen LogP contribution in [-0.4, -0.2) is 19.0 Å². The molecule has 1 fully saturated rings. The maximum atomic E-state index is 11.8. The zero-order chi connectivity index (χ0) is 11.4. The number of carbonyl (C=O) groups excluding carboxylic acids is 1. The molecule has 1 atom stereocenters. The van der Waals surface area contributed by atoms with E-state index < -0.39 is 0 Å². The predicted octanol–water partition coefficient (Wildman–Crippen LogP) is 2.55. The molecule has 0 bridgehead atoms. The van der Waals surface area contributed by atoms with E-state index in [4.69, 9.17) is 0 Å². The van der Waals surface area contributed by atoms with Gasteiger partial charge in [0.1, 0.15) is 0 Å². The lowest BCUT2D eigenvalue weighted by atomic mass is 9.99. The third-order valence-corrected chi connectivity index (χ3v) is 4.71. The normalized spacial score (nSPS) is 19.5. The number of rotatable bonds is 3. The molecular formula is C11H16BrClN2OS. The van der Waals surface area contributed by atoms with Gasteiger partial charge in [-0.1, -0.05) is 0 Å². The van der Waals surface area contributed by atoms with Crippen LogP contribution in [0.5, 0.6) is 0 Å². The first-order valence-corrected chi connectivity index (χ1v) is 7.15. The number of piperidine rings is 1. The molecule has 6 heteroatoms. The number of halogens is 2. The lowest BCUT2D eigenvalue weighted by Gasteiger charge is -2.21. The van der Waals surface area contributed by atoms with Crippen molar-refractivity contribution in [2.45, 2.75) is 19.4 Å². The van der Waals surface area contributed by atoms with Gasteiger partial charge in [-0.3, -0.25) is 4.79 Å². The zero-order valence-corrected chi connectivity index (χ0v) is 12.6. The van der Waals surface area contributed by atoms with Gasteiger partial charge in [0.25, 0.3) is 0 Å². The van der Waals surface area contributed by atoms with Crippen molar-refractivity contribution in [3.05, 3.63) is 20.8 Å². The quantitative estimate of drug-likeness (QED) is 0.888. The van der Waals surface area contributed by atoms with Crippen LogP contribution in [0, 0.1) is 5.92 Å². The van der Waals surface area contributed by atoms with E-state index in [0.29, 0.717) is 6.54 Å². The van der Waals surface area contributed by atoms with Crippen LogP contribution >= 0.6 is 39.7 Å². The second-order valence-corrected chi connectivity index (χ2v) is 5.81. The number of nitrogens with one attached hydrogen (secondary N) is 2. The van der Waals surface area contributed by atoms with Crippen LogP contribution in [0.25, 0.3) is 0 Å². The zero-order valence-electron chi connectivity index (χ0n) is 9.37. The number of thiophene rings is 1. The van der Waals surface area contributed by atoms with Crippen molar-refractivity contribution in [1.82, 2.24) is 10.6 Å². The topological polar surface area (TPSA) is 41.1 Å². The van der Waals surface area contributed by atoms with Crippen LogP contribution in [-0.2, 0) is 11.3 Å². The molecule has 2 rings (SSSR count). The van der Waals surface area contributed by atoms with Crippen LogP contribution in [0.4, 0.5) is 0 Å². The van der Waals surface area contributed by atoms with E-state index in [9.17, 15) is 4.79 Å². The van der Waals surface area contributed by atoms with Crippen LogP contribution in [0.2, 0.25) is 0 Å². The molecule has 1 amide bonds. The molecule has 1 aliphatic heterocycles. The Morgan fingerprint density at radius 3 is 3.06 bits per heavy atom. The third-order valence-electron chi connectivity index (χ3n) is 2.78. The summed E-state index contributed by atoms with van der Waals surface area (Å²) < 4.78 is 1.08. The molecule has 0 spiro atoms. The van der Waals surface area contributed by atoms with Crippen molar-refractivity contribution in [2.24, 2.45) is 5.92 Å². The standard InChI is InChI=1S/C11H15BrN2OS.ClH/c12-9-3-5-16-10(9)7-14-11(15)8-2-1-4-13-6-8;/h3,5,8,13H,1-2,4,6-7H2,(H,14,15);1H/t8-;/m1./s1. The second-order valence-electron chi connectivity index (χ2n) is 3.95. The molecule has 0 unspecified atom stereocenters. The van der Waals surface area contributed by atoms with Crippen molar-refractivity contribution < 1.29 is 4.79 Å². The predicted molar refractivity (Wildman–Crippen MR) is 76.7 cm³/mol. The molecule has 2 N–H and O–H groups in total. The van der Waals surface area contributed by atoms with Gasteiger partial charge < -0.3 is 10.6 Å². The van der Waals surface area contributed by atoms with E-state index in [1.165, 1.54) is 4.88 Å². The van der Waals surface area contributed by atoms with Gasteiger partial charge in [-0.05, 0) is 46.8 Å². The molecular weight excluding hydrogens is 324 g/mol. The van der Waals surface area contributed by atoms with Crippen molar-refractivity contribution in [1.29, 1.82) is 0 Å². The molecule has 0 saturated carbocycles. The SMILES string of the molecule is Cl.O=C(NCc1sccc1Br)[C@@H]1CCCNC1. The van der Waals surface area contributed by atoms with Gasteiger partial charge in [-0.25, -0.2) is 0 Å². The van der Waals surface area contributed by atoms with E-state index in [0.717, 1.165) is 30.4 Å². The fraction of sp³-hybridized carbons (Fsp3) is 0.545. The van der Waals surface area contributed by atoms with Crippen LogP contribution in [0.3, 0.4) is 0 Å². The highest BCUT2D eigenvalue weighted by molar-refractivity contribution is 9.10. The van der Waals surface area contributed by atoms with E-state index in [-0.39, 0.29) is 24.2 Å². The van der Waals surface area contributed by atoms with Gasteiger partial charge in [-0.2, -0.15) is 0 Å². The lowest BCUT2D eigenvalue weighted by Crippen LogP contribution is -2.40.